The van der Waals surface area contributed by atoms with Gasteiger partial charge in [0.05, 0.1) is 5.56 Å². The lowest BCUT2D eigenvalue weighted by Crippen LogP contribution is -2.00. The minimum absolute atomic E-state index is 0.329. The fraction of sp³-hybridized carbons (Fsp3) is 0.0625. The van der Waals surface area contributed by atoms with E-state index in [2.05, 4.69) is 0 Å². The number of benzene rings is 2. The molecular weight excluding hydrogens is 272 g/mol. The number of aromatic carboxylic acids is 1. The highest BCUT2D eigenvalue weighted by atomic mass is 32.1. The zero-order valence-corrected chi connectivity index (χ0v) is 11.4. The van der Waals surface area contributed by atoms with Crippen LogP contribution in [0.4, 0.5) is 0 Å². The SMILES string of the molecule is O=C(O)c1cccc2scc(COc3ccccc3)c12. The van der Waals surface area contributed by atoms with Crippen LogP contribution in [-0.2, 0) is 6.61 Å². The molecule has 0 saturated carbocycles. The summed E-state index contributed by atoms with van der Waals surface area (Å²) < 4.78 is 6.68. The molecule has 0 amide bonds. The largest absolute Gasteiger partial charge is 0.489 e. The Morgan fingerprint density at radius 1 is 1.10 bits per heavy atom. The lowest BCUT2D eigenvalue weighted by molar-refractivity contribution is 0.0699. The van der Waals surface area contributed by atoms with E-state index < -0.39 is 5.97 Å². The molecule has 100 valence electrons. The van der Waals surface area contributed by atoms with Gasteiger partial charge in [-0.2, -0.15) is 0 Å². The number of ether oxygens (including phenoxy) is 1. The standard InChI is InChI=1S/C16H12O3S/c17-16(18)13-7-4-8-14-15(13)11(10-20-14)9-19-12-5-2-1-3-6-12/h1-8,10H,9H2,(H,17,18). The van der Waals surface area contributed by atoms with E-state index >= 15 is 0 Å². The third-order valence-corrected chi connectivity index (χ3v) is 4.04. The molecule has 4 heteroatoms. The van der Waals surface area contributed by atoms with E-state index in [0.29, 0.717) is 12.2 Å². The summed E-state index contributed by atoms with van der Waals surface area (Å²) in [6.07, 6.45) is 0. The Balaban J connectivity index is 1.94. The second kappa shape index (κ2) is 5.35. The number of hydrogen-bond acceptors (Lipinski definition) is 3. The van der Waals surface area contributed by atoms with E-state index in [4.69, 9.17) is 4.74 Å². The van der Waals surface area contributed by atoms with Crippen molar-refractivity contribution in [3.63, 3.8) is 0 Å². The highest BCUT2D eigenvalue weighted by Gasteiger charge is 2.13. The van der Waals surface area contributed by atoms with Gasteiger partial charge in [0, 0.05) is 15.6 Å². The maximum atomic E-state index is 11.3. The second-order valence-corrected chi connectivity index (χ2v) is 5.26. The highest BCUT2D eigenvalue weighted by Crippen LogP contribution is 2.30. The number of carboxylic acid groups (broad SMARTS) is 1. The maximum Gasteiger partial charge on any atom is 0.336 e. The van der Waals surface area contributed by atoms with Crippen LogP contribution in [0.3, 0.4) is 0 Å². The molecule has 3 nitrogen and oxygen atoms in total. The fourth-order valence-corrected chi connectivity index (χ4v) is 3.09. The summed E-state index contributed by atoms with van der Waals surface area (Å²) in [6, 6.07) is 14.8. The van der Waals surface area contributed by atoms with Crippen LogP contribution in [0, 0.1) is 0 Å². The quantitative estimate of drug-likeness (QED) is 0.781. The van der Waals surface area contributed by atoms with E-state index in [1.54, 1.807) is 12.1 Å². The van der Waals surface area contributed by atoms with Crippen LogP contribution < -0.4 is 4.74 Å². The Bertz CT molecular complexity index is 747. The summed E-state index contributed by atoms with van der Waals surface area (Å²) in [5.41, 5.74) is 1.24. The monoisotopic (exact) mass is 284 g/mol. The molecule has 0 aliphatic carbocycles. The second-order valence-electron chi connectivity index (χ2n) is 4.35. The molecule has 0 spiro atoms. The summed E-state index contributed by atoms with van der Waals surface area (Å²) in [4.78, 5) is 11.3. The predicted molar refractivity (Wildman–Crippen MR) is 79.6 cm³/mol. The van der Waals surface area contributed by atoms with E-state index in [1.165, 1.54) is 11.3 Å². The zero-order valence-electron chi connectivity index (χ0n) is 10.6. The van der Waals surface area contributed by atoms with Crippen LogP contribution >= 0.6 is 11.3 Å². The Morgan fingerprint density at radius 3 is 2.65 bits per heavy atom. The first kappa shape index (κ1) is 12.7. The highest BCUT2D eigenvalue weighted by molar-refractivity contribution is 7.17. The van der Waals surface area contributed by atoms with Crippen LogP contribution in [0.5, 0.6) is 5.75 Å². The number of carboxylic acids is 1. The van der Waals surface area contributed by atoms with Crippen LogP contribution in [-0.4, -0.2) is 11.1 Å². The van der Waals surface area contributed by atoms with Gasteiger partial charge in [-0.3, -0.25) is 0 Å². The molecule has 0 atom stereocenters. The van der Waals surface area contributed by atoms with Crippen molar-refractivity contribution >= 4 is 27.4 Å². The topological polar surface area (TPSA) is 46.5 Å². The van der Waals surface area contributed by atoms with E-state index in [-0.39, 0.29) is 0 Å². The maximum absolute atomic E-state index is 11.3. The van der Waals surface area contributed by atoms with Gasteiger partial charge in [0.1, 0.15) is 12.4 Å². The molecule has 1 aromatic heterocycles. The molecular formula is C16H12O3S. The van der Waals surface area contributed by atoms with Crippen LogP contribution in [0.2, 0.25) is 0 Å². The van der Waals surface area contributed by atoms with Gasteiger partial charge < -0.3 is 9.84 Å². The average Bonchev–Trinajstić information content (AvgIpc) is 2.89. The van der Waals surface area contributed by atoms with E-state index in [1.807, 2.05) is 41.8 Å². The lowest BCUT2D eigenvalue weighted by atomic mass is 10.1. The number of fused-ring (bicyclic) bond motifs is 1. The third kappa shape index (κ3) is 2.38. The third-order valence-electron chi connectivity index (χ3n) is 3.04. The van der Waals surface area contributed by atoms with Crippen molar-refractivity contribution in [3.8, 4) is 5.75 Å². The number of carbonyl (C=O) groups is 1. The average molecular weight is 284 g/mol. The fourth-order valence-electron chi connectivity index (χ4n) is 2.12. The molecule has 0 aliphatic rings. The molecule has 2 aromatic carbocycles. The van der Waals surface area contributed by atoms with Crippen LogP contribution in [0.25, 0.3) is 10.1 Å². The molecule has 3 rings (SSSR count). The Morgan fingerprint density at radius 2 is 1.90 bits per heavy atom. The molecule has 1 heterocycles. The van der Waals surface area contributed by atoms with Gasteiger partial charge in [-0.15, -0.1) is 11.3 Å². The van der Waals surface area contributed by atoms with E-state index in [0.717, 1.165) is 21.4 Å². The van der Waals surface area contributed by atoms with Gasteiger partial charge in [-0.05, 0) is 29.6 Å². The number of thiophene rings is 1. The first-order valence-corrected chi connectivity index (χ1v) is 7.04. The van der Waals surface area contributed by atoms with Gasteiger partial charge in [-0.1, -0.05) is 24.3 Å². The molecule has 0 bridgehead atoms. The van der Waals surface area contributed by atoms with Gasteiger partial charge in [-0.25, -0.2) is 4.79 Å². The van der Waals surface area contributed by atoms with Crippen molar-refractivity contribution in [2.24, 2.45) is 0 Å². The normalized spacial score (nSPS) is 10.6. The summed E-state index contributed by atoms with van der Waals surface area (Å²) >= 11 is 1.54. The summed E-state index contributed by atoms with van der Waals surface area (Å²) in [7, 11) is 0. The molecule has 0 aliphatic heterocycles. The molecule has 0 radical (unpaired) electrons. The van der Waals surface area contributed by atoms with Crippen molar-refractivity contribution < 1.29 is 14.6 Å². The van der Waals surface area contributed by atoms with Gasteiger partial charge in [0.2, 0.25) is 0 Å². The molecule has 3 aromatic rings. The number of rotatable bonds is 4. The zero-order chi connectivity index (χ0) is 13.9. The van der Waals surface area contributed by atoms with Crippen molar-refractivity contribution in [1.82, 2.24) is 0 Å². The molecule has 0 fully saturated rings. The van der Waals surface area contributed by atoms with Crippen molar-refractivity contribution in [2.75, 3.05) is 0 Å². The molecule has 0 unspecified atom stereocenters. The summed E-state index contributed by atoms with van der Waals surface area (Å²) in [5.74, 6) is -0.130. The first-order chi connectivity index (χ1) is 9.75. The predicted octanol–water partition coefficient (Wildman–Crippen LogP) is 4.18. The van der Waals surface area contributed by atoms with Crippen molar-refractivity contribution in [2.45, 2.75) is 6.61 Å². The lowest BCUT2D eigenvalue weighted by Gasteiger charge is -2.06. The minimum Gasteiger partial charge on any atom is -0.489 e. The van der Waals surface area contributed by atoms with Crippen molar-refractivity contribution in [3.05, 3.63) is 65.0 Å². The Labute approximate surface area is 120 Å². The molecule has 0 saturated heterocycles. The Hall–Kier alpha value is -2.33. The Kier molecular flexibility index (Phi) is 3.39. The van der Waals surface area contributed by atoms with Crippen molar-refractivity contribution in [1.29, 1.82) is 0 Å². The summed E-state index contributed by atoms with van der Waals surface area (Å²) in [6.45, 7) is 0.369. The van der Waals surface area contributed by atoms with Crippen LogP contribution in [0.15, 0.2) is 53.9 Å². The van der Waals surface area contributed by atoms with Gasteiger partial charge >= 0.3 is 5.97 Å². The van der Waals surface area contributed by atoms with Gasteiger partial charge in [0.25, 0.3) is 0 Å². The smallest absolute Gasteiger partial charge is 0.336 e. The number of hydrogen-bond donors (Lipinski definition) is 1. The van der Waals surface area contributed by atoms with Crippen LogP contribution in [0.1, 0.15) is 15.9 Å². The first-order valence-electron chi connectivity index (χ1n) is 6.16. The van der Waals surface area contributed by atoms with Gasteiger partial charge in [0.15, 0.2) is 0 Å². The number of para-hydroxylation sites is 1. The molecule has 1 N–H and O–H groups in total. The minimum atomic E-state index is -0.907. The van der Waals surface area contributed by atoms with E-state index in [9.17, 15) is 9.90 Å². The molecule has 20 heavy (non-hydrogen) atoms. The summed E-state index contributed by atoms with van der Waals surface area (Å²) in [5, 5.41) is 12.0.